The van der Waals surface area contributed by atoms with Gasteiger partial charge in [-0.05, 0) is 11.6 Å². The predicted octanol–water partition coefficient (Wildman–Crippen LogP) is 2.07. The summed E-state index contributed by atoms with van der Waals surface area (Å²) in [7, 11) is 0. The van der Waals surface area contributed by atoms with Crippen LogP contribution in [0.3, 0.4) is 0 Å². The Morgan fingerprint density at radius 3 is 2.11 bits per heavy atom. The van der Waals surface area contributed by atoms with Gasteiger partial charge in [-0.1, -0.05) is 30.3 Å². The normalized spacial score (nSPS) is 9.00. The van der Waals surface area contributed by atoms with Crippen molar-refractivity contribution in [3.8, 4) is 0 Å². The number of carbonyl (C=O) groups is 1. The Labute approximate surface area is 58.3 Å². The van der Waals surface area contributed by atoms with Gasteiger partial charge >= 0.3 is 0 Å². The molecule has 0 saturated carbocycles. The van der Waals surface area contributed by atoms with Gasteiger partial charge in [0.1, 0.15) is 0 Å². The lowest BCUT2D eigenvalue weighted by Crippen LogP contribution is -1.84. The summed E-state index contributed by atoms with van der Waals surface area (Å²) in [5.41, 5.74) is 0.541. The molecule has 0 fully saturated rings. The molecular formula is C7H5ClO. The van der Waals surface area contributed by atoms with Gasteiger partial charge in [0.25, 0.3) is 5.24 Å². The standard InChI is InChI=1S/C7H5ClO/c8-7(9)6-4-2-1-3-5-6/h1-5H/i1+1,2+1,3+1,4+1,5+1,6+1,7+1. The van der Waals surface area contributed by atoms with E-state index in [1.807, 2.05) is 6.07 Å². The van der Waals surface area contributed by atoms with Gasteiger partial charge < -0.3 is 0 Å². The maximum Gasteiger partial charge on any atom is 0.252 e. The van der Waals surface area contributed by atoms with Crippen LogP contribution in [0.2, 0.25) is 0 Å². The lowest BCUT2D eigenvalue weighted by Gasteiger charge is -1.87. The summed E-state index contributed by atoms with van der Waals surface area (Å²) in [5, 5.41) is -0.407. The van der Waals surface area contributed by atoms with Crippen molar-refractivity contribution in [1.82, 2.24) is 0 Å². The molecule has 0 N–H and O–H groups in total. The Bertz CT molecular complexity index is 205. The molecule has 0 heterocycles. The van der Waals surface area contributed by atoms with Gasteiger partial charge in [-0.2, -0.15) is 0 Å². The molecule has 1 nitrogen and oxygen atoms in total. The lowest BCUT2D eigenvalue weighted by atomic mass is 11.2. The van der Waals surface area contributed by atoms with Crippen LogP contribution < -0.4 is 0 Å². The Kier molecular flexibility index (Phi) is 1.85. The van der Waals surface area contributed by atoms with Crippen LogP contribution in [0.25, 0.3) is 0 Å². The van der Waals surface area contributed by atoms with Crippen LogP contribution >= 0.6 is 11.6 Å². The molecule has 0 amide bonds. The summed E-state index contributed by atoms with van der Waals surface area (Å²) in [5.74, 6) is 0. The molecule has 0 aliphatic rings. The Hall–Kier alpha value is -0.820. The Morgan fingerprint density at radius 2 is 1.78 bits per heavy atom. The van der Waals surface area contributed by atoms with E-state index in [2.05, 4.69) is 0 Å². The molecule has 1 aromatic carbocycles. The lowest BCUT2D eigenvalue weighted by molar-refractivity contribution is 0.108. The number of rotatable bonds is 1. The number of halogens is 1. The van der Waals surface area contributed by atoms with E-state index in [9.17, 15) is 4.79 Å². The highest BCUT2D eigenvalue weighted by Gasteiger charge is 1.95. The van der Waals surface area contributed by atoms with E-state index in [-0.39, 0.29) is 0 Å². The third kappa shape index (κ3) is 1.54. The Balaban J connectivity index is 2.98. The van der Waals surface area contributed by atoms with Crippen molar-refractivity contribution in [2.45, 2.75) is 0 Å². The molecular weight excluding hydrogens is 142 g/mol. The van der Waals surface area contributed by atoms with E-state index in [4.69, 9.17) is 11.6 Å². The topological polar surface area (TPSA) is 17.1 Å². The average molecular weight is 148 g/mol. The number of carbonyl (C=O) groups excluding carboxylic acids is 1. The van der Waals surface area contributed by atoms with Crippen LogP contribution in [-0.4, -0.2) is 5.24 Å². The largest absolute Gasteiger partial charge is 0.276 e. The monoisotopic (exact) mass is 147 g/mol. The maximum atomic E-state index is 10.4. The zero-order chi connectivity index (χ0) is 6.69. The van der Waals surface area contributed by atoms with Crippen molar-refractivity contribution in [3.05, 3.63) is 35.9 Å². The van der Waals surface area contributed by atoms with Gasteiger partial charge in [0.2, 0.25) is 0 Å². The van der Waals surface area contributed by atoms with E-state index < -0.39 is 5.24 Å². The van der Waals surface area contributed by atoms with E-state index in [0.717, 1.165) is 0 Å². The van der Waals surface area contributed by atoms with Crippen LogP contribution in [0, 0.1) is 0 Å². The molecule has 0 aliphatic heterocycles. The predicted molar refractivity (Wildman–Crippen MR) is 36.6 cm³/mol. The second kappa shape index (κ2) is 2.65. The minimum absolute atomic E-state index is 0.407. The first-order valence-corrected chi connectivity index (χ1v) is 2.93. The molecule has 0 atom stereocenters. The van der Waals surface area contributed by atoms with Crippen molar-refractivity contribution < 1.29 is 4.79 Å². The third-order valence-corrected chi connectivity index (χ3v) is 1.22. The highest BCUT2D eigenvalue weighted by Crippen LogP contribution is 2.01. The molecule has 1 aromatic rings. The van der Waals surface area contributed by atoms with Crippen molar-refractivity contribution in [3.63, 3.8) is 0 Å². The van der Waals surface area contributed by atoms with Crippen molar-refractivity contribution >= 4 is 16.8 Å². The second-order valence-electron chi connectivity index (χ2n) is 1.64. The first-order valence-electron chi connectivity index (χ1n) is 2.55. The van der Waals surface area contributed by atoms with Crippen molar-refractivity contribution in [1.29, 1.82) is 0 Å². The molecule has 0 unspecified atom stereocenters. The highest BCUT2D eigenvalue weighted by molar-refractivity contribution is 6.67. The number of benzene rings is 1. The maximum absolute atomic E-state index is 10.4. The number of hydrogen-bond acceptors (Lipinski definition) is 1. The van der Waals surface area contributed by atoms with Gasteiger partial charge in [0.05, 0.1) is 0 Å². The fourth-order valence-corrected chi connectivity index (χ4v) is 0.695. The molecule has 0 spiro atoms. The molecule has 2 heteroatoms. The van der Waals surface area contributed by atoms with Crippen LogP contribution in [-0.2, 0) is 0 Å². The Morgan fingerprint density at radius 1 is 1.22 bits per heavy atom. The second-order valence-corrected chi connectivity index (χ2v) is 1.98. The summed E-state index contributed by atoms with van der Waals surface area (Å²) < 4.78 is 0. The van der Waals surface area contributed by atoms with Gasteiger partial charge in [0, 0.05) is 5.56 Å². The van der Waals surface area contributed by atoms with Gasteiger partial charge in [-0.15, -0.1) is 0 Å². The van der Waals surface area contributed by atoms with Crippen molar-refractivity contribution in [2.24, 2.45) is 0 Å². The van der Waals surface area contributed by atoms with Crippen LogP contribution in [0.4, 0.5) is 0 Å². The molecule has 1 rings (SSSR count). The number of hydrogen-bond donors (Lipinski definition) is 0. The van der Waals surface area contributed by atoms with E-state index in [0.29, 0.717) is 5.56 Å². The summed E-state index contributed by atoms with van der Waals surface area (Å²) in [6.07, 6.45) is 0. The van der Waals surface area contributed by atoms with Crippen LogP contribution in [0.1, 0.15) is 10.4 Å². The summed E-state index contributed by atoms with van der Waals surface area (Å²) in [4.78, 5) is 10.4. The van der Waals surface area contributed by atoms with Crippen LogP contribution in [0.5, 0.6) is 0 Å². The summed E-state index contributed by atoms with van der Waals surface area (Å²) in [6, 6.07) is 8.74. The molecule has 0 radical (unpaired) electrons. The fourth-order valence-electron chi connectivity index (χ4n) is 0.569. The first kappa shape index (κ1) is 6.30. The minimum atomic E-state index is -0.407. The highest BCUT2D eigenvalue weighted by atomic mass is 35.5. The van der Waals surface area contributed by atoms with Crippen LogP contribution in [0.15, 0.2) is 30.3 Å². The summed E-state index contributed by atoms with van der Waals surface area (Å²) in [6.45, 7) is 0. The minimum Gasteiger partial charge on any atom is -0.276 e. The van der Waals surface area contributed by atoms with Gasteiger partial charge in [-0.3, -0.25) is 4.79 Å². The SMILES string of the molecule is O=[13C](Cl)[13c]1[13cH][13cH][13cH][13cH][13cH]1. The zero-order valence-corrected chi connectivity index (χ0v) is 5.43. The van der Waals surface area contributed by atoms with Gasteiger partial charge in [0.15, 0.2) is 0 Å². The molecule has 0 aromatic heterocycles. The van der Waals surface area contributed by atoms with E-state index in [1.54, 1.807) is 24.3 Å². The molecule has 9 heavy (non-hydrogen) atoms. The fraction of sp³-hybridized carbons (Fsp3) is 0. The first-order chi connectivity index (χ1) is 4.30. The van der Waals surface area contributed by atoms with Gasteiger partial charge in [-0.25, -0.2) is 0 Å². The van der Waals surface area contributed by atoms with E-state index >= 15 is 0 Å². The summed E-state index contributed by atoms with van der Waals surface area (Å²) >= 11 is 5.16. The van der Waals surface area contributed by atoms with Crippen molar-refractivity contribution in [2.75, 3.05) is 0 Å². The third-order valence-electron chi connectivity index (χ3n) is 1.00. The average Bonchev–Trinajstić information content (AvgIpc) is 1.90. The molecule has 0 saturated heterocycles. The zero-order valence-electron chi connectivity index (χ0n) is 4.67. The quantitative estimate of drug-likeness (QED) is 0.439. The van der Waals surface area contributed by atoms with E-state index in [1.165, 1.54) is 0 Å². The molecule has 46 valence electrons. The molecule has 0 bridgehead atoms. The smallest absolute Gasteiger partial charge is 0.252 e. The molecule has 0 aliphatic carbocycles.